The molecule has 1 fully saturated rings. The molecule has 3 aromatic rings. The van der Waals surface area contributed by atoms with Crippen molar-refractivity contribution in [1.82, 2.24) is 14.9 Å². The largest absolute Gasteiger partial charge is 0.368 e. The number of ether oxygens (including phenoxy) is 1. The van der Waals surface area contributed by atoms with Crippen molar-refractivity contribution in [1.29, 1.82) is 0 Å². The zero-order valence-corrected chi connectivity index (χ0v) is 14.1. The average Bonchev–Trinajstić information content (AvgIpc) is 3.12. The van der Waals surface area contributed by atoms with E-state index in [9.17, 15) is 0 Å². The molecule has 4 rings (SSSR count). The lowest BCUT2D eigenvalue weighted by Crippen LogP contribution is -2.37. The molecule has 0 N–H and O–H groups in total. The fourth-order valence-electron chi connectivity index (χ4n) is 2.94. The number of thiazole rings is 1. The number of halogens is 1. The molecule has 2 aromatic heterocycles. The Hall–Kier alpha value is -1.53. The molecule has 1 aliphatic heterocycles. The standard InChI is InChI=1S/C17H16ClN3OS/c18-14-4-3-12-2-1-5-19-16(12)13(14)10-21-7-8-22-15(11-21)17-20-6-9-23-17/h1-6,9,15H,7-8,10-11H2/t15-/m0/s1. The van der Waals surface area contributed by atoms with Gasteiger partial charge in [-0.2, -0.15) is 0 Å². The van der Waals surface area contributed by atoms with Crippen molar-refractivity contribution in [2.75, 3.05) is 19.7 Å². The Labute approximate surface area is 143 Å². The first kappa shape index (κ1) is 15.0. The predicted molar refractivity (Wildman–Crippen MR) is 92.8 cm³/mol. The quantitative estimate of drug-likeness (QED) is 0.721. The third-order valence-electron chi connectivity index (χ3n) is 4.08. The maximum absolute atomic E-state index is 6.45. The SMILES string of the molecule is Clc1ccc2cccnc2c1CN1CCO[C@H](c2nccs2)C1. The molecule has 1 aromatic carbocycles. The monoisotopic (exact) mass is 345 g/mol. The van der Waals surface area contributed by atoms with Gasteiger partial charge in [0.1, 0.15) is 11.1 Å². The Bertz CT molecular complexity index is 809. The number of hydrogen-bond donors (Lipinski definition) is 0. The normalized spacial score (nSPS) is 19.3. The van der Waals surface area contributed by atoms with Gasteiger partial charge in [0, 0.05) is 53.4 Å². The van der Waals surface area contributed by atoms with Crippen LogP contribution in [0.2, 0.25) is 5.02 Å². The molecule has 0 aliphatic carbocycles. The van der Waals surface area contributed by atoms with E-state index in [0.29, 0.717) is 6.61 Å². The molecule has 0 bridgehead atoms. The lowest BCUT2D eigenvalue weighted by Gasteiger charge is -2.32. The highest BCUT2D eigenvalue weighted by Gasteiger charge is 2.24. The highest BCUT2D eigenvalue weighted by Crippen LogP contribution is 2.29. The second-order valence-electron chi connectivity index (χ2n) is 5.57. The summed E-state index contributed by atoms with van der Waals surface area (Å²) in [5.41, 5.74) is 2.07. The van der Waals surface area contributed by atoms with E-state index >= 15 is 0 Å². The summed E-state index contributed by atoms with van der Waals surface area (Å²) < 4.78 is 5.87. The van der Waals surface area contributed by atoms with Crippen molar-refractivity contribution in [2.24, 2.45) is 0 Å². The van der Waals surface area contributed by atoms with Crippen LogP contribution >= 0.6 is 22.9 Å². The number of fused-ring (bicyclic) bond motifs is 1. The number of aromatic nitrogens is 2. The minimum absolute atomic E-state index is 0.0467. The molecular weight excluding hydrogens is 330 g/mol. The van der Waals surface area contributed by atoms with E-state index in [0.717, 1.165) is 46.1 Å². The van der Waals surface area contributed by atoms with Crippen molar-refractivity contribution in [2.45, 2.75) is 12.6 Å². The van der Waals surface area contributed by atoms with Crippen LogP contribution in [0.15, 0.2) is 42.0 Å². The number of benzene rings is 1. The summed E-state index contributed by atoms with van der Waals surface area (Å²) in [5, 5.41) is 4.92. The molecular formula is C17H16ClN3OS. The molecule has 3 heterocycles. The Morgan fingerprint density at radius 1 is 1.26 bits per heavy atom. The molecule has 23 heavy (non-hydrogen) atoms. The van der Waals surface area contributed by atoms with Gasteiger partial charge in [-0.25, -0.2) is 4.98 Å². The van der Waals surface area contributed by atoms with E-state index in [1.165, 1.54) is 0 Å². The molecule has 6 heteroatoms. The highest BCUT2D eigenvalue weighted by molar-refractivity contribution is 7.09. The number of nitrogens with zero attached hydrogens (tertiary/aromatic N) is 3. The number of pyridine rings is 1. The summed E-state index contributed by atoms with van der Waals surface area (Å²) in [5.74, 6) is 0. The Morgan fingerprint density at radius 3 is 3.09 bits per heavy atom. The van der Waals surface area contributed by atoms with E-state index in [4.69, 9.17) is 16.3 Å². The van der Waals surface area contributed by atoms with Crippen molar-refractivity contribution in [3.63, 3.8) is 0 Å². The Kier molecular flexibility index (Phi) is 4.27. The minimum Gasteiger partial charge on any atom is -0.368 e. The molecule has 4 nitrogen and oxygen atoms in total. The van der Waals surface area contributed by atoms with Crippen LogP contribution in [0.5, 0.6) is 0 Å². The molecule has 0 unspecified atom stereocenters. The Morgan fingerprint density at radius 2 is 2.22 bits per heavy atom. The van der Waals surface area contributed by atoms with Crippen LogP contribution in [0.1, 0.15) is 16.7 Å². The lowest BCUT2D eigenvalue weighted by atomic mass is 10.1. The van der Waals surface area contributed by atoms with Gasteiger partial charge >= 0.3 is 0 Å². The topological polar surface area (TPSA) is 38.2 Å². The van der Waals surface area contributed by atoms with Crippen molar-refractivity contribution in [3.05, 3.63) is 57.6 Å². The fourth-order valence-corrected chi connectivity index (χ4v) is 3.83. The average molecular weight is 346 g/mol. The summed E-state index contributed by atoms with van der Waals surface area (Å²) >= 11 is 8.09. The first-order valence-corrected chi connectivity index (χ1v) is 8.82. The molecule has 1 aliphatic rings. The van der Waals surface area contributed by atoms with Crippen molar-refractivity contribution < 1.29 is 4.74 Å². The van der Waals surface area contributed by atoms with Crippen molar-refractivity contribution in [3.8, 4) is 0 Å². The molecule has 0 amide bonds. The van der Waals surface area contributed by atoms with Crippen molar-refractivity contribution >= 4 is 33.8 Å². The van der Waals surface area contributed by atoms with Gasteiger partial charge in [-0.3, -0.25) is 9.88 Å². The Balaban J connectivity index is 1.59. The van der Waals surface area contributed by atoms with Gasteiger partial charge in [-0.05, 0) is 12.1 Å². The van der Waals surface area contributed by atoms with Gasteiger partial charge in [-0.15, -0.1) is 11.3 Å². The highest BCUT2D eigenvalue weighted by atomic mass is 35.5. The molecule has 1 saturated heterocycles. The van der Waals surface area contributed by atoms with Gasteiger partial charge in [0.05, 0.1) is 12.1 Å². The molecule has 0 spiro atoms. The predicted octanol–water partition coefficient (Wildman–Crippen LogP) is 3.92. The summed E-state index contributed by atoms with van der Waals surface area (Å²) in [7, 11) is 0. The van der Waals surface area contributed by atoms with E-state index < -0.39 is 0 Å². The van der Waals surface area contributed by atoms with Gasteiger partial charge in [0.25, 0.3) is 0 Å². The maximum atomic E-state index is 6.45. The van der Waals surface area contributed by atoms with E-state index in [1.807, 2.05) is 36.0 Å². The number of hydrogen-bond acceptors (Lipinski definition) is 5. The third kappa shape index (κ3) is 3.10. The summed E-state index contributed by atoms with van der Waals surface area (Å²) in [6, 6.07) is 8.00. The zero-order chi connectivity index (χ0) is 15.6. The zero-order valence-electron chi connectivity index (χ0n) is 12.5. The van der Waals surface area contributed by atoms with Crippen LogP contribution in [0, 0.1) is 0 Å². The first-order valence-electron chi connectivity index (χ1n) is 7.57. The van der Waals surface area contributed by atoms with Crippen LogP contribution in [0.3, 0.4) is 0 Å². The van der Waals surface area contributed by atoms with Crippen LogP contribution < -0.4 is 0 Å². The smallest absolute Gasteiger partial charge is 0.123 e. The fraction of sp³-hybridized carbons (Fsp3) is 0.294. The van der Waals surface area contributed by atoms with Gasteiger partial charge in [0.15, 0.2) is 0 Å². The van der Waals surface area contributed by atoms with E-state index in [-0.39, 0.29) is 6.10 Å². The van der Waals surface area contributed by atoms with Gasteiger partial charge in [-0.1, -0.05) is 23.7 Å². The van der Waals surface area contributed by atoms with E-state index in [1.54, 1.807) is 11.3 Å². The van der Waals surface area contributed by atoms with Crippen LogP contribution in [0.25, 0.3) is 10.9 Å². The van der Waals surface area contributed by atoms with Crippen LogP contribution in [-0.2, 0) is 11.3 Å². The summed E-state index contributed by atoms with van der Waals surface area (Å²) in [6.07, 6.45) is 3.69. The summed E-state index contributed by atoms with van der Waals surface area (Å²) in [6.45, 7) is 3.20. The molecule has 0 radical (unpaired) electrons. The lowest BCUT2D eigenvalue weighted by molar-refractivity contribution is -0.0328. The summed E-state index contributed by atoms with van der Waals surface area (Å²) in [4.78, 5) is 11.3. The maximum Gasteiger partial charge on any atom is 0.123 e. The third-order valence-corrected chi connectivity index (χ3v) is 5.30. The minimum atomic E-state index is 0.0467. The van der Waals surface area contributed by atoms with E-state index in [2.05, 4.69) is 20.9 Å². The molecule has 1 atom stereocenters. The van der Waals surface area contributed by atoms with Crippen LogP contribution in [0.4, 0.5) is 0 Å². The van der Waals surface area contributed by atoms with Gasteiger partial charge < -0.3 is 4.74 Å². The van der Waals surface area contributed by atoms with Gasteiger partial charge in [0.2, 0.25) is 0 Å². The first-order chi connectivity index (χ1) is 11.3. The number of morpholine rings is 1. The molecule has 118 valence electrons. The second-order valence-corrected chi connectivity index (χ2v) is 6.90. The molecule has 0 saturated carbocycles. The van der Waals surface area contributed by atoms with Crippen LogP contribution in [-0.4, -0.2) is 34.6 Å². The second kappa shape index (κ2) is 6.53. The number of rotatable bonds is 3.